The number of aliphatic hydroxyl groups excluding tert-OH is 1. The van der Waals surface area contributed by atoms with E-state index in [0.717, 1.165) is 15.2 Å². The van der Waals surface area contributed by atoms with Crippen LogP contribution in [0.5, 0.6) is 0 Å². The van der Waals surface area contributed by atoms with Gasteiger partial charge in [-0.2, -0.15) is 5.26 Å². The van der Waals surface area contributed by atoms with Crippen molar-refractivity contribution in [2.45, 2.75) is 5.03 Å². The maximum atomic E-state index is 10.2. The lowest BCUT2D eigenvalue weighted by Crippen LogP contribution is -1.93. The molecule has 1 N–H and O–H groups in total. The number of pyridine rings is 1. The van der Waals surface area contributed by atoms with Crippen molar-refractivity contribution in [1.29, 1.82) is 5.26 Å². The van der Waals surface area contributed by atoms with Crippen molar-refractivity contribution in [3.05, 3.63) is 59.4 Å². The van der Waals surface area contributed by atoms with Gasteiger partial charge in [-0.15, -0.1) is 11.3 Å². The van der Waals surface area contributed by atoms with Crippen molar-refractivity contribution >= 4 is 38.9 Å². The van der Waals surface area contributed by atoms with E-state index in [2.05, 4.69) is 16.0 Å². The first-order valence-electron chi connectivity index (χ1n) is 6.50. The Morgan fingerprint density at radius 1 is 1.23 bits per heavy atom. The van der Waals surface area contributed by atoms with Crippen LogP contribution in [0.25, 0.3) is 15.8 Å². The highest BCUT2D eigenvalue weighted by atomic mass is 32.2. The third-order valence-corrected chi connectivity index (χ3v) is 4.91. The molecule has 6 heteroatoms. The number of aromatic nitrogens is 2. The highest BCUT2D eigenvalue weighted by molar-refractivity contribution is 7.99. The van der Waals surface area contributed by atoms with Crippen molar-refractivity contribution in [3.8, 4) is 6.07 Å². The highest BCUT2D eigenvalue weighted by Gasteiger charge is 2.14. The molecule has 0 atom stereocenters. The number of thiazole rings is 1. The van der Waals surface area contributed by atoms with E-state index in [1.54, 1.807) is 6.20 Å². The van der Waals surface area contributed by atoms with Gasteiger partial charge < -0.3 is 5.11 Å². The van der Waals surface area contributed by atoms with E-state index in [-0.39, 0.29) is 17.1 Å². The first-order valence-corrected chi connectivity index (χ1v) is 8.30. The minimum atomic E-state index is 0.0252. The Kier molecular flexibility index (Phi) is 4.37. The van der Waals surface area contributed by atoms with Crippen LogP contribution in [0.15, 0.2) is 59.4 Å². The zero-order valence-electron chi connectivity index (χ0n) is 11.4. The molecule has 0 spiro atoms. The summed E-state index contributed by atoms with van der Waals surface area (Å²) >= 11 is 2.78. The molecule has 0 bridgehead atoms. The second kappa shape index (κ2) is 6.60. The van der Waals surface area contributed by atoms with Crippen molar-refractivity contribution in [1.82, 2.24) is 9.97 Å². The van der Waals surface area contributed by atoms with Gasteiger partial charge in [-0.25, -0.2) is 9.97 Å². The summed E-state index contributed by atoms with van der Waals surface area (Å²) in [6.45, 7) is 0. The van der Waals surface area contributed by atoms with E-state index >= 15 is 0 Å². The average Bonchev–Trinajstić information content (AvgIpc) is 2.98. The first-order chi connectivity index (χ1) is 10.8. The van der Waals surface area contributed by atoms with Crippen molar-refractivity contribution in [2.24, 2.45) is 0 Å². The first kappa shape index (κ1) is 14.6. The third-order valence-electron chi connectivity index (χ3n) is 2.90. The fourth-order valence-corrected chi connectivity index (χ4v) is 3.58. The predicted octanol–water partition coefficient (Wildman–Crippen LogP) is 4.28. The number of aliphatic hydroxyl groups is 1. The van der Waals surface area contributed by atoms with Crippen LogP contribution in [0.3, 0.4) is 0 Å². The molecule has 0 aliphatic heterocycles. The van der Waals surface area contributed by atoms with Crippen molar-refractivity contribution < 1.29 is 5.11 Å². The quantitative estimate of drug-likeness (QED) is 0.440. The summed E-state index contributed by atoms with van der Waals surface area (Å²) in [7, 11) is 0. The van der Waals surface area contributed by atoms with E-state index in [0.29, 0.717) is 5.01 Å². The van der Waals surface area contributed by atoms with Crippen molar-refractivity contribution in [3.63, 3.8) is 0 Å². The minimum Gasteiger partial charge on any atom is -0.510 e. The molecule has 108 valence electrons. The number of thioether (sulfide) groups is 1. The van der Waals surface area contributed by atoms with E-state index in [1.807, 2.05) is 42.5 Å². The number of para-hydroxylation sites is 1. The van der Waals surface area contributed by atoms with Crippen LogP contribution in [0.2, 0.25) is 0 Å². The molecule has 2 heterocycles. The zero-order valence-corrected chi connectivity index (χ0v) is 13.1. The molecular weight excluding hydrogens is 314 g/mol. The maximum Gasteiger partial charge on any atom is 0.138 e. The standard InChI is InChI=1S/C16H11N3OS2/c17-9-11(13(20)10-21-15-7-3-4-8-18-15)16-19-12-5-1-2-6-14(12)22-16/h1-8,20H,10H2/b13-11-. The van der Waals surface area contributed by atoms with Crippen LogP contribution in [0.1, 0.15) is 5.01 Å². The fraction of sp³-hybridized carbons (Fsp3) is 0.0625. The second-order valence-electron chi connectivity index (χ2n) is 4.38. The molecule has 0 fully saturated rings. The van der Waals surface area contributed by atoms with Crippen LogP contribution in [-0.2, 0) is 0 Å². The topological polar surface area (TPSA) is 69.8 Å². The van der Waals surface area contributed by atoms with Gasteiger partial charge in [0.1, 0.15) is 22.4 Å². The Hall–Kier alpha value is -2.36. The van der Waals surface area contributed by atoms with Gasteiger partial charge in [-0.05, 0) is 24.3 Å². The number of benzene rings is 1. The molecule has 0 amide bonds. The Morgan fingerprint density at radius 3 is 2.77 bits per heavy atom. The van der Waals surface area contributed by atoms with E-state index in [4.69, 9.17) is 0 Å². The summed E-state index contributed by atoms with van der Waals surface area (Å²) < 4.78 is 0.996. The summed E-state index contributed by atoms with van der Waals surface area (Å²) in [4.78, 5) is 8.59. The lowest BCUT2D eigenvalue weighted by Gasteiger charge is -2.02. The molecule has 0 radical (unpaired) electrons. The summed E-state index contributed by atoms with van der Waals surface area (Å²) in [6, 6.07) is 15.3. The predicted molar refractivity (Wildman–Crippen MR) is 89.7 cm³/mol. The monoisotopic (exact) mass is 325 g/mol. The van der Waals surface area contributed by atoms with Crippen molar-refractivity contribution in [2.75, 3.05) is 5.75 Å². The SMILES string of the molecule is N#C/C(=C(/O)CSc1ccccn1)c1nc2ccccc2s1. The van der Waals surface area contributed by atoms with Gasteiger partial charge in [0.25, 0.3) is 0 Å². The Labute approximate surface area is 135 Å². The minimum absolute atomic E-state index is 0.0252. The van der Waals surface area contributed by atoms with Crippen LogP contribution >= 0.6 is 23.1 Å². The number of hydrogen-bond donors (Lipinski definition) is 1. The van der Waals surface area contributed by atoms with E-state index in [9.17, 15) is 10.4 Å². The molecule has 0 unspecified atom stereocenters. The van der Waals surface area contributed by atoms with Gasteiger partial charge >= 0.3 is 0 Å². The number of rotatable bonds is 4. The highest BCUT2D eigenvalue weighted by Crippen LogP contribution is 2.29. The van der Waals surface area contributed by atoms with E-state index in [1.165, 1.54) is 23.1 Å². The number of hydrogen-bond acceptors (Lipinski definition) is 6. The molecule has 0 aliphatic rings. The Bertz CT molecular complexity index is 833. The number of allylic oxidation sites excluding steroid dienone is 1. The summed E-state index contributed by atoms with van der Waals surface area (Å²) in [5, 5.41) is 20.9. The molecule has 22 heavy (non-hydrogen) atoms. The van der Waals surface area contributed by atoms with Crippen LogP contribution in [0, 0.1) is 11.3 Å². The molecule has 0 aliphatic carbocycles. The van der Waals surface area contributed by atoms with Gasteiger partial charge in [0, 0.05) is 6.20 Å². The zero-order chi connectivity index (χ0) is 15.4. The van der Waals surface area contributed by atoms with Gasteiger partial charge in [-0.3, -0.25) is 0 Å². The Morgan fingerprint density at radius 2 is 2.05 bits per heavy atom. The lowest BCUT2D eigenvalue weighted by molar-refractivity contribution is 0.421. The molecule has 4 nitrogen and oxygen atoms in total. The maximum absolute atomic E-state index is 10.2. The average molecular weight is 325 g/mol. The van der Waals surface area contributed by atoms with Crippen LogP contribution < -0.4 is 0 Å². The molecule has 1 aromatic carbocycles. The third kappa shape index (κ3) is 3.11. The van der Waals surface area contributed by atoms with Gasteiger partial charge in [0.15, 0.2) is 0 Å². The number of nitriles is 1. The molecule has 0 saturated heterocycles. The largest absolute Gasteiger partial charge is 0.510 e. The summed E-state index contributed by atoms with van der Waals surface area (Å²) in [5.74, 6) is 0.313. The van der Waals surface area contributed by atoms with Gasteiger partial charge in [0.05, 0.1) is 21.0 Å². The molecule has 2 aromatic heterocycles. The van der Waals surface area contributed by atoms with Crippen LogP contribution in [-0.4, -0.2) is 20.8 Å². The molecular formula is C16H11N3OS2. The Balaban J connectivity index is 1.86. The van der Waals surface area contributed by atoms with Crippen LogP contribution in [0.4, 0.5) is 0 Å². The number of nitrogens with zero attached hydrogens (tertiary/aromatic N) is 3. The lowest BCUT2D eigenvalue weighted by atomic mass is 10.2. The molecule has 0 saturated carbocycles. The van der Waals surface area contributed by atoms with E-state index < -0.39 is 0 Å². The normalized spacial score (nSPS) is 12.0. The number of fused-ring (bicyclic) bond motifs is 1. The van der Waals surface area contributed by atoms with Gasteiger partial charge in [-0.1, -0.05) is 30.0 Å². The fourth-order valence-electron chi connectivity index (χ4n) is 1.86. The molecule has 3 rings (SSSR count). The second-order valence-corrected chi connectivity index (χ2v) is 6.40. The van der Waals surface area contributed by atoms with Gasteiger partial charge in [0.2, 0.25) is 0 Å². The summed E-state index contributed by atoms with van der Waals surface area (Å²) in [6.07, 6.45) is 1.70. The smallest absolute Gasteiger partial charge is 0.138 e. The summed E-state index contributed by atoms with van der Waals surface area (Å²) in [5.41, 5.74) is 1.06. The molecule has 3 aromatic rings.